The predicted octanol–water partition coefficient (Wildman–Crippen LogP) is 4.38. The molecule has 0 spiro atoms. The highest BCUT2D eigenvalue weighted by Gasteiger charge is 2.38. The number of phenolic OH excluding ortho intramolecular Hbond substituents is 2. The standard InChI is InChI=1S/C24H30O6/c1-3-23(11-27-12-23)15-29-17-5-7-21(25)19(9-17)20-10-18(6-8-22(20)26)30-16-24(4-2)13-28-14-24/h5-10,25-26H,3-4,11-16H2,1-2H3. The number of hydrogen-bond acceptors (Lipinski definition) is 6. The van der Waals surface area contributed by atoms with E-state index in [1.54, 1.807) is 36.4 Å². The molecule has 6 nitrogen and oxygen atoms in total. The molecule has 6 heteroatoms. The van der Waals surface area contributed by atoms with Gasteiger partial charge in [0.1, 0.15) is 23.0 Å². The van der Waals surface area contributed by atoms with Gasteiger partial charge in [-0.1, -0.05) is 13.8 Å². The molecule has 2 fully saturated rings. The summed E-state index contributed by atoms with van der Waals surface area (Å²) in [6, 6.07) is 10.2. The molecule has 0 atom stereocenters. The smallest absolute Gasteiger partial charge is 0.123 e. The first kappa shape index (κ1) is 20.8. The SMILES string of the molecule is CCC1(COc2ccc(O)c(-c3cc(OCC4(CC)COC4)ccc3O)c2)COC1. The van der Waals surface area contributed by atoms with Crippen molar-refractivity contribution in [3.8, 4) is 34.1 Å². The van der Waals surface area contributed by atoms with Crippen LogP contribution in [-0.2, 0) is 9.47 Å². The van der Waals surface area contributed by atoms with Gasteiger partial charge in [-0.3, -0.25) is 0 Å². The third-order valence-corrected chi connectivity index (χ3v) is 6.45. The zero-order valence-electron chi connectivity index (χ0n) is 17.6. The summed E-state index contributed by atoms with van der Waals surface area (Å²) >= 11 is 0. The van der Waals surface area contributed by atoms with Crippen molar-refractivity contribution in [2.24, 2.45) is 10.8 Å². The summed E-state index contributed by atoms with van der Waals surface area (Å²) in [4.78, 5) is 0. The fraction of sp³-hybridized carbons (Fsp3) is 0.500. The molecule has 0 radical (unpaired) electrons. The summed E-state index contributed by atoms with van der Waals surface area (Å²) in [6.45, 7) is 8.22. The van der Waals surface area contributed by atoms with Crippen molar-refractivity contribution in [2.75, 3.05) is 39.6 Å². The number of benzene rings is 2. The molecule has 2 heterocycles. The Morgan fingerprint density at radius 3 is 1.43 bits per heavy atom. The number of ether oxygens (including phenoxy) is 4. The van der Waals surface area contributed by atoms with Gasteiger partial charge in [0.25, 0.3) is 0 Å². The molecule has 0 unspecified atom stereocenters. The molecular weight excluding hydrogens is 384 g/mol. The largest absolute Gasteiger partial charge is 0.507 e. The average molecular weight is 414 g/mol. The minimum Gasteiger partial charge on any atom is -0.507 e. The third kappa shape index (κ3) is 4.07. The Bertz CT molecular complexity index is 801. The van der Waals surface area contributed by atoms with Crippen LogP contribution >= 0.6 is 0 Å². The van der Waals surface area contributed by atoms with Gasteiger partial charge in [-0.25, -0.2) is 0 Å². The Morgan fingerprint density at radius 1 is 0.733 bits per heavy atom. The van der Waals surface area contributed by atoms with Gasteiger partial charge in [-0.05, 0) is 49.2 Å². The van der Waals surface area contributed by atoms with E-state index in [0.29, 0.717) is 62.3 Å². The second-order valence-electron chi connectivity index (χ2n) is 8.63. The molecule has 0 saturated carbocycles. The van der Waals surface area contributed by atoms with Crippen LogP contribution in [0.1, 0.15) is 26.7 Å². The lowest BCUT2D eigenvalue weighted by Gasteiger charge is -2.40. The lowest BCUT2D eigenvalue weighted by molar-refractivity contribution is -0.133. The number of rotatable bonds is 9. The van der Waals surface area contributed by atoms with Crippen molar-refractivity contribution in [3.05, 3.63) is 36.4 Å². The second kappa shape index (κ2) is 8.36. The first-order valence-corrected chi connectivity index (χ1v) is 10.6. The van der Waals surface area contributed by atoms with Crippen molar-refractivity contribution in [1.82, 2.24) is 0 Å². The van der Waals surface area contributed by atoms with Gasteiger partial charge in [0, 0.05) is 11.1 Å². The van der Waals surface area contributed by atoms with Crippen molar-refractivity contribution < 1.29 is 29.2 Å². The van der Waals surface area contributed by atoms with Crippen molar-refractivity contribution in [3.63, 3.8) is 0 Å². The zero-order chi connectivity index (χ0) is 21.2. The zero-order valence-corrected chi connectivity index (χ0v) is 17.6. The Hall–Kier alpha value is -2.44. The van der Waals surface area contributed by atoms with E-state index in [0.717, 1.165) is 12.8 Å². The van der Waals surface area contributed by atoms with Crippen LogP contribution in [0, 0.1) is 10.8 Å². The number of phenols is 2. The van der Waals surface area contributed by atoms with Crippen molar-refractivity contribution in [2.45, 2.75) is 26.7 Å². The molecule has 30 heavy (non-hydrogen) atoms. The summed E-state index contributed by atoms with van der Waals surface area (Å²) in [5.74, 6) is 1.43. The maximum absolute atomic E-state index is 10.4. The van der Waals surface area contributed by atoms with Crippen molar-refractivity contribution in [1.29, 1.82) is 0 Å². The van der Waals surface area contributed by atoms with E-state index in [1.807, 2.05) is 0 Å². The Morgan fingerprint density at radius 2 is 1.13 bits per heavy atom. The van der Waals surface area contributed by atoms with Gasteiger partial charge in [0.15, 0.2) is 0 Å². The van der Waals surface area contributed by atoms with Gasteiger partial charge < -0.3 is 29.2 Å². The van der Waals surface area contributed by atoms with Crippen LogP contribution in [0.5, 0.6) is 23.0 Å². The molecule has 0 aliphatic carbocycles. The molecule has 2 aliphatic heterocycles. The van der Waals surface area contributed by atoms with E-state index in [1.165, 1.54) is 0 Å². The summed E-state index contributed by atoms with van der Waals surface area (Å²) in [7, 11) is 0. The van der Waals surface area contributed by atoms with Gasteiger partial charge in [-0.2, -0.15) is 0 Å². The van der Waals surface area contributed by atoms with Crippen LogP contribution in [0.3, 0.4) is 0 Å². The molecule has 2 aliphatic rings. The maximum atomic E-state index is 10.4. The molecule has 4 rings (SSSR count). The molecule has 2 aromatic rings. The minimum atomic E-state index is 0.0639. The predicted molar refractivity (Wildman–Crippen MR) is 113 cm³/mol. The first-order valence-electron chi connectivity index (χ1n) is 10.6. The molecule has 0 amide bonds. The summed E-state index contributed by atoms with van der Waals surface area (Å²) in [6.07, 6.45) is 1.98. The topological polar surface area (TPSA) is 77.4 Å². The minimum absolute atomic E-state index is 0.0639. The van der Waals surface area contributed by atoms with E-state index in [-0.39, 0.29) is 22.3 Å². The normalized spacial score (nSPS) is 18.9. The third-order valence-electron chi connectivity index (χ3n) is 6.45. The van der Waals surface area contributed by atoms with Gasteiger partial charge in [-0.15, -0.1) is 0 Å². The lowest BCUT2D eigenvalue weighted by atomic mass is 9.84. The Kier molecular flexibility index (Phi) is 5.80. The molecule has 0 bridgehead atoms. The number of aromatic hydroxyl groups is 2. The van der Waals surface area contributed by atoms with Crippen LogP contribution in [0.4, 0.5) is 0 Å². The Labute approximate surface area is 177 Å². The quantitative estimate of drug-likeness (QED) is 0.634. The highest BCUT2D eigenvalue weighted by atomic mass is 16.5. The molecule has 0 aromatic heterocycles. The van der Waals surface area contributed by atoms with Crippen LogP contribution < -0.4 is 9.47 Å². The van der Waals surface area contributed by atoms with E-state index in [2.05, 4.69) is 13.8 Å². The van der Waals surface area contributed by atoms with Gasteiger partial charge >= 0.3 is 0 Å². The molecule has 2 aromatic carbocycles. The van der Waals surface area contributed by atoms with E-state index >= 15 is 0 Å². The lowest BCUT2D eigenvalue weighted by Crippen LogP contribution is -2.46. The van der Waals surface area contributed by atoms with Crippen LogP contribution in [0.25, 0.3) is 11.1 Å². The Balaban J connectivity index is 1.52. The molecule has 2 saturated heterocycles. The second-order valence-corrected chi connectivity index (χ2v) is 8.63. The van der Waals surface area contributed by atoms with Gasteiger partial charge in [0.2, 0.25) is 0 Å². The first-order chi connectivity index (χ1) is 14.5. The molecular formula is C24H30O6. The maximum Gasteiger partial charge on any atom is 0.123 e. The number of hydrogen-bond donors (Lipinski definition) is 2. The van der Waals surface area contributed by atoms with Crippen LogP contribution in [-0.4, -0.2) is 49.9 Å². The highest BCUT2D eigenvalue weighted by Crippen LogP contribution is 2.41. The average Bonchev–Trinajstić information content (AvgIpc) is 2.69. The summed E-state index contributed by atoms with van der Waals surface area (Å²) in [5, 5.41) is 20.9. The van der Waals surface area contributed by atoms with Gasteiger partial charge in [0.05, 0.1) is 50.5 Å². The monoisotopic (exact) mass is 414 g/mol. The van der Waals surface area contributed by atoms with Crippen LogP contribution in [0.2, 0.25) is 0 Å². The molecule has 162 valence electrons. The summed E-state index contributed by atoms with van der Waals surface area (Å²) in [5.41, 5.74) is 1.13. The summed E-state index contributed by atoms with van der Waals surface area (Å²) < 4.78 is 22.7. The van der Waals surface area contributed by atoms with Crippen molar-refractivity contribution >= 4 is 0 Å². The fourth-order valence-electron chi connectivity index (χ4n) is 3.67. The van der Waals surface area contributed by atoms with Crippen LogP contribution in [0.15, 0.2) is 36.4 Å². The fourth-order valence-corrected chi connectivity index (χ4v) is 3.67. The molecule has 2 N–H and O–H groups in total. The highest BCUT2D eigenvalue weighted by molar-refractivity contribution is 5.77. The van der Waals surface area contributed by atoms with E-state index in [9.17, 15) is 10.2 Å². The van der Waals surface area contributed by atoms with E-state index < -0.39 is 0 Å². The van der Waals surface area contributed by atoms with E-state index in [4.69, 9.17) is 18.9 Å².